The molecule has 8 heteroatoms. The van der Waals surface area contributed by atoms with Crippen LogP contribution >= 0.6 is 0 Å². The first-order valence-corrected chi connectivity index (χ1v) is 4.71. The minimum absolute atomic E-state index is 0.00905. The molecule has 0 radical (unpaired) electrons. The summed E-state index contributed by atoms with van der Waals surface area (Å²) in [7, 11) is 0. The molecule has 5 nitrogen and oxygen atoms in total. The van der Waals surface area contributed by atoms with E-state index in [1.165, 1.54) is 6.20 Å². The number of carbonyl (C=O) groups is 1. The Morgan fingerprint density at radius 1 is 1.59 bits per heavy atom. The number of hydrogen-bond acceptors (Lipinski definition) is 4. The topological polar surface area (TPSA) is 78.1 Å². The van der Waals surface area contributed by atoms with E-state index in [-0.39, 0.29) is 18.1 Å². The number of carbonyl (C=O) groups excluding carboxylic acids is 1. The van der Waals surface area contributed by atoms with E-state index < -0.39 is 24.6 Å². The van der Waals surface area contributed by atoms with Crippen LogP contribution in [0.1, 0.15) is 34.4 Å². The number of nitrogens with zero attached hydrogens (tertiary/aromatic N) is 2. The van der Waals surface area contributed by atoms with Gasteiger partial charge in [0.25, 0.3) is 5.91 Å². The predicted molar refractivity (Wildman–Crippen MR) is 48.8 cm³/mol. The van der Waals surface area contributed by atoms with Crippen molar-refractivity contribution in [2.75, 3.05) is 0 Å². The summed E-state index contributed by atoms with van der Waals surface area (Å²) in [5, 5.41) is 0. The van der Waals surface area contributed by atoms with Gasteiger partial charge < -0.3 is 10.5 Å². The fourth-order valence-corrected chi connectivity index (χ4v) is 1.56. The number of nitrogens with two attached hydrogens (primary N) is 1. The Morgan fingerprint density at radius 2 is 2.29 bits per heavy atom. The van der Waals surface area contributed by atoms with Crippen LogP contribution in [0.25, 0.3) is 0 Å². The molecule has 1 aliphatic heterocycles. The molecule has 2 N–H and O–H groups in total. The summed E-state index contributed by atoms with van der Waals surface area (Å²) in [6.45, 7) is 0.00905. The predicted octanol–water partition coefficient (Wildman–Crippen LogP) is 1.10. The standard InChI is InChI=1S/C9H8F3N3O2/c10-9(11,12)1-5-6-4(3-17-5)2-14-8(15-6)7(13)16/h2,5H,1,3H2,(H2,13,16). The van der Waals surface area contributed by atoms with Gasteiger partial charge in [-0.25, -0.2) is 9.97 Å². The second kappa shape index (κ2) is 3.95. The Labute approximate surface area is 93.8 Å². The molecule has 1 aromatic heterocycles. The van der Waals surface area contributed by atoms with Crippen LogP contribution in [0.15, 0.2) is 6.20 Å². The van der Waals surface area contributed by atoms with Crippen LogP contribution in [0, 0.1) is 0 Å². The molecule has 2 heterocycles. The zero-order valence-electron chi connectivity index (χ0n) is 8.49. The Morgan fingerprint density at radius 3 is 2.88 bits per heavy atom. The van der Waals surface area contributed by atoms with Crippen LogP contribution in [-0.4, -0.2) is 22.1 Å². The highest BCUT2D eigenvalue weighted by Crippen LogP contribution is 2.37. The molecule has 0 saturated carbocycles. The van der Waals surface area contributed by atoms with Crippen molar-refractivity contribution in [3.63, 3.8) is 0 Å². The summed E-state index contributed by atoms with van der Waals surface area (Å²) in [5.74, 6) is -1.19. The number of ether oxygens (including phenoxy) is 1. The summed E-state index contributed by atoms with van der Waals surface area (Å²) in [4.78, 5) is 18.2. The van der Waals surface area contributed by atoms with Gasteiger partial charge in [-0.3, -0.25) is 4.79 Å². The highest BCUT2D eigenvalue weighted by molar-refractivity contribution is 5.88. The highest BCUT2D eigenvalue weighted by atomic mass is 19.4. The van der Waals surface area contributed by atoms with Gasteiger partial charge in [-0.15, -0.1) is 0 Å². The maximum atomic E-state index is 12.2. The van der Waals surface area contributed by atoms with E-state index in [1.807, 2.05) is 0 Å². The molecule has 92 valence electrons. The second-order valence-corrected chi connectivity index (χ2v) is 3.59. The number of halogens is 3. The molecule has 2 rings (SSSR count). The second-order valence-electron chi connectivity index (χ2n) is 3.59. The minimum Gasteiger partial charge on any atom is -0.367 e. The fraction of sp³-hybridized carbons (Fsp3) is 0.444. The van der Waals surface area contributed by atoms with E-state index in [0.717, 1.165) is 0 Å². The maximum absolute atomic E-state index is 12.2. The highest BCUT2D eigenvalue weighted by Gasteiger charge is 2.37. The molecule has 0 fully saturated rings. The first-order chi connectivity index (χ1) is 7.87. The molecule has 1 unspecified atom stereocenters. The molecule has 0 aliphatic carbocycles. The lowest BCUT2D eigenvalue weighted by atomic mass is 10.1. The third kappa shape index (κ3) is 2.52. The van der Waals surface area contributed by atoms with Crippen molar-refractivity contribution in [2.45, 2.75) is 25.3 Å². The zero-order valence-corrected chi connectivity index (χ0v) is 8.49. The molecular weight excluding hydrogens is 239 g/mol. The Balaban J connectivity index is 2.29. The molecule has 1 aromatic rings. The van der Waals surface area contributed by atoms with E-state index in [1.54, 1.807) is 0 Å². The number of alkyl halides is 3. The molecule has 0 bridgehead atoms. The average molecular weight is 247 g/mol. The van der Waals surface area contributed by atoms with Crippen molar-refractivity contribution in [3.8, 4) is 0 Å². The van der Waals surface area contributed by atoms with Gasteiger partial charge >= 0.3 is 6.18 Å². The molecular formula is C9H8F3N3O2. The number of amides is 1. The Bertz CT molecular complexity index is 461. The smallest absolute Gasteiger partial charge is 0.367 e. The van der Waals surface area contributed by atoms with Gasteiger partial charge in [0, 0.05) is 11.8 Å². The molecule has 1 atom stereocenters. The summed E-state index contributed by atoms with van der Waals surface area (Å²) in [6, 6.07) is 0. The van der Waals surface area contributed by atoms with E-state index in [0.29, 0.717) is 5.56 Å². The Kier molecular flexibility index (Phi) is 2.74. The number of aromatic nitrogens is 2. The monoisotopic (exact) mass is 247 g/mol. The number of hydrogen-bond donors (Lipinski definition) is 1. The number of fused-ring (bicyclic) bond motifs is 1. The van der Waals surface area contributed by atoms with Gasteiger partial charge in [-0.1, -0.05) is 0 Å². The largest absolute Gasteiger partial charge is 0.391 e. The van der Waals surface area contributed by atoms with Gasteiger partial charge in [0.1, 0.15) is 6.10 Å². The van der Waals surface area contributed by atoms with Crippen LogP contribution in [0.4, 0.5) is 13.2 Å². The summed E-state index contributed by atoms with van der Waals surface area (Å²) in [5.41, 5.74) is 5.49. The van der Waals surface area contributed by atoms with Crippen molar-refractivity contribution >= 4 is 5.91 Å². The van der Waals surface area contributed by atoms with E-state index in [9.17, 15) is 18.0 Å². The molecule has 0 saturated heterocycles. The first kappa shape index (κ1) is 11.8. The number of primary amides is 1. The van der Waals surface area contributed by atoms with Gasteiger partial charge in [0.15, 0.2) is 0 Å². The fourth-order valence-electron chi connectivity index (χ4n) is 1.56. The lowest BCUT2D eigenvalue weighted by Gasteiger charge is -2.12. The summed E-state index contributed by atoms with van der Waals surface area (Å²) >= 11 is 0. The van der Waals surface area contributed by atoms with Crippen molar-refractivity contribution < 1.29 is 22.7 Å². The third-order valence-electron chi connectivity index (χ3n) is 2.28. The van der Waals surface area contributed by atoms with Gasteiger partial charge in [-0.2, -0.15) is 13.2 Å². The van der Waals surface area contributed by atoms with Crippen molar-refractivity contribution in [1.82, 2.24) is 9.97 Å². The van der Waals surface area contributed by atoms with Crippen molar-refractivity contribution in [3.05, 3.63) is 23.3 Å². The minimum atomic E-state index is -4.36. The Hall–Kier alpha value is -1.70. The molecule has 0 spiro atoms. The van der Waals surface area contributed by atoms with Gasteiger partial charge in [0.2, 0.25) is 5.82 Å². The lowest BCUT2D eigenvalue weighted by molar-refractivity contribution is -0.160. The van der Waals surface area contributed by atoms with E-state index in [2.05, 4.69) is 9.97 Å². The SMILES string of the molecule is NC(=O)c1ncc2c(n1)C(CC(F)(F)F)OC2. The number of rotatable bonds is 2. The van der Waals surface area contributed by atoms with Crippen LogP contribution in [0.3, 0.4) is 0 Å². The average Bonchev–Trinajstić information content (AvgIpc) is 2.58. The van der Waals surface area contributed by atoms with Gasteiger partial charge in [0.05, 0.1) is 18.7 Å². The molecule has 17 heavy (non-hydrogen) atoms. The van der Waals surface area contributed by atoms with Crippen molar-refractivity contribution in [2.24, 2.45) is 5.73 Å². The summed E-state index contributed by atoms with van der Waals surface area (Å²) in [6.07, 6.45) is -5.43. The van der Waals surface area contributed by atoms with Crippen molar-refractivity contribution in [1.29, 1.82) is 0 Å². The molecule has 1 aliphatic rings. The normalized spacial score (nSPS) is 19.1. The lowest BCUT2D eigenvalue weighted by Crippen LogP contribution is -2.18. The van der Waals surface area contributed by atoms with Crippen LogP contribution in [-0.2, 0) is 11.3 Å². The molecule has 1 amide bonds. The quantitative estimate of drug-likeness (QED) is 0.848. The van der Waals surface area contributed by atoms with Crippen LogP contribution < -0.4 is 5.73 Å². The third-order valence-corrected chi connectivity index (χ3v) is 2.28. The zero-order chi connectivity index (χ0) is 12.6. The first-order valence-electron chi connectivity index (χ1n) is 4.71. The summed E-state index contributed by atoms with van der Waals surface area (Å²) < 4.78 is 41.7. The van der Waals surface area contributed by atoms with Gasteiger partial charge in [-0.05, 0) is 0 Å². The van der Waals surface area contributed by atoms with Crippen LogP contribution in [0.2, 0.25) is 0 Å². The van der Waals surface area contributed by atoms with E-state index >= 15 is 0 Å². The molecule has 0 aromatic carbocycles. The van der Waals surface area contributed by atoms with E-state index in [4.69, 9.17) is 10.5 Å². The maximum Gasteiger partial charge on any atom is 0.391 e. The van der Waals surface area contributed by atoms with Crippen LogP contribution in [0.5, 0.6) is 0 Å².